The molecule has 6 heavy (non-hydrogen) atoms. The maximum absolute atomic E-state index is 4.93. The minimum absolute atomic E-state index is 0.858. The predicted molar refractivity (Wildman–Crippen MR) is 24.3 cm³/mol. The van der Waals surface area contributed by atoms with Crippen LogP contribution in [0.2, 0.25) is 6.32 Å². The quantitative estimate of drug-likeness (QED) is 0.380. The van der Waals surface area contributed by atoms with Crippen molar-refractivity contribution in [3.8, 4) is 0 Å². The van der Waals surface area contributed by atoms with E-state index in [-0.39, 0.29) is 0 Å². The number of rotatable bonds is 0. The first-order chi connectivity index (χ1) is 2.89. The Kier molecular flexibility index (Phi) is 1.12. The summed E-state index contributed by atoms with van der Waals surface area (Å²) in [5.74, 6) is 0. The molecule has 0 aromatic heterocycles. The van der Waals surface area contributed by atoms with Crippen LogP contribution in [0.25, 0.3) is 0 Å². The van der Waals surface area contributed by atoms with Gasteiger partial charge in [0.25, 0.3) is 0 Å². The highest BCUT2D eigenvalue weighted by Gasteiger charge is 2.06. The highest BCUT2D eigenvalue weighted by molar-refractivity contribution is 6.31. The van der Waals surface area contributed by atoms with Crippen molar-refractivity contribution in [2.45, 2.75) is 6.32 Å². The van der Waals surface area contributed by atoms with E-state index in [2.05, 4.69) is 0 Å². The Balaban J connectivity index is 2.18. The van der Waals surface area contributed by atoms with Gasteiger partial charge in [0.1, 0.15) is 0 Å². The average Bonchev–Trinajstić information content (AvgIpc) is 1.86. The van der Waals surface area contributed by atoms with E-state index in [1.807, 2.05) is 14.5 Å². The molecule has 0 bridgehead atoms. The minimum Gasteiger partial charge on any atom is -0.312 e. The van der Waals surface area contributed by atoms with Crippen LogP contribution in [0.3, 0.4) is 0 Å². The lowest BCUT2D eigenvalue weighted by molar-refractivity contribution is -0.0387. The Morgan fingerprint density at radius 2 is 2.67 bits per heavy atom. The number of nitrogens with zero attached hydrogens (tertiary/aromatic N) is 1. The largest absolute Gasteiger partial charge is 0.312 e. The van der Waals surface area contributed by atoms with Crippen molar-refractivity contribution in [1.82, 2.24) is 4.97 Å². The lowest BCUT2D eigenvalue weighted by Crippen LogP contribution is -2.12. The zero-order valence-corrected chi connectivity index (χ0v) is 3.85. The summed E-state index contributed by atoms with van der Waals surface area (Å²) < 4.78 is 0. The zero-order chi connectivity index (χ0) is 4.41. The van der Waals surface area contributed by atoms with E-state index < -0.39 is 0 Å². The molecule has 1 rings (SSSR count). The third-order valence-electron chi connectivity index (χ3n) is 0.799. The van der Waals surface area contributed by atoms with E-state index in [4.69, 9.17) is 4.84 Å². The molecular weight excluding hydrogens is 76.9 g/mol. The first-order valence-electron chi connectivity index (χ1n) is 2.08. The first-order valence-corrected chi connectivity index (χ1v) is 2.08. The molecule has 0 aliphatic carbocycles. The van der Waals surface area contributed by atoms with Crippen molar-refractivity contribution >= 4 is 7.41 Å². The molecule has 0 spiro atoms. The van der Waals surface area contributed by atoms with Crippen molar-refractivity contribution < 1.29 is 4.84 Å². The molecule has 1 radical (unpaired) electrons. The molecule has 0 unspecified atom stereocenters. The second-order valence-corrected chi connectivity index (χ2v) is 1.35. The summed E-state index contributed by atoms with van der Waals surface area (Å²) in [6, 6.07) is 0. The smallest absolute Gasteiger partial charge is 0.248 e. The number of hydrogen-bond acceptors (Lipinski definition) is 2. The van der Waals surface area contributed by atoms with Gasteiger partial charge < -0.3 is 4.84 Å². The second-order valence-electron chi connectivity index (χ2n) is 1.35. The maximum Gasteiger partial charge on any atom is 0.248 e. The van der Waals surface area contributed by atoms with Crippen LogP contribution in [0.4, 0.5) is 0 Å². The highest BCUT2D eigenvalue weighted by atomic mass is 16.7. The average molecular weight is 83.9 g/mol. The molecule has 0 atom stereocenters. The minimum atomic E-state index is 0.858. The zero-order valence-electron chi connectivity index (χ0n) is 3.85. The molecule has 0 N–H and O–H groups in total. The summed E-state index contributed by atoms with van der Waals surface area (Å²) in [5, 5.41) is 0. The van der Waals surface area contributed by atoms with Crippen molar-refractivity contribution in [2.24, 2.45) is 0 Å². The van der Waals surface area contributed by atoms with Gasteiger partial charge >= 0.3 is 0 Å². The highest BCUT2D eigenvalue weighted by Crippen LogP contribution is 1.96. The van der Waals surface area contributed by atoms with Crippen LogP contribution in [0, 0.1) is 0 Å². The lowest BCUT2D eigenvalue weighted by Gasteiger charge is -2.01. The van der Waals surface area contributed by atoms with Crippen molar-refractivity contribution in [1.29, 1.82) is 0 Å². The molecule has 1 saturated heterocycles. The van der Waals surface area contributed by atoms with Crippen molar-refractivity contribution in [2.75, 3.05) is 13.7 Å². The molecule has 33 valence electrons. The monoisotopic (exact) mass is 84.1 g/mol. The number of hydroxylamine groups is 1. The number of hydrogen-bond donors (Lipinski definition) is 0. The third kappa shape index (κ3) is 0.728. The van der Waals surface area contributed by atoms with Crippen LogP contribution in [0.1, 0.15) is 0 Å². The van der Waals surface area contributed by atoms with E-state index >= 15 is 0 Å². The van der Waals surface area contributed by atoms with Gasteiger partial charge in [0.05, 0.1) is 6.61 Å². The Labute approximate surface area is 38.3 Å². The molecule has 1 aliphatic rings. The van der Waals surface area contributed by atoms with E-state index in [0.717, 1.165) is 12.9 Å². The van der Waals surface area contributed by atoms with E-state index in [9.17, 15) is 0 Å². The predicted octanol–water partition coefficient (Wildman–Crippen LogP) is -0.0991. The molecule has 0 aromatic carbocycles. The van der Waals surface area contributed by atoms with Crippen LogP contribution < -0.4 is 0 Å². The SMILES string of the molecule is CN1[B]CCO1. The molecular formula is C3H7BNO. The van der Waals surface area contributed by atoms with Gasteiger partial charge in [-0.3, -0.25) is 0 Å². The summed E-state index contributed by atoms with van der Waals surface area (Å²) in [4.78, 5) is 6.67. The molecule has 0 saturated carbocycles. The van der Waals surface area contributed by atoms with Gasteiger partial charge in [0.2, 0.25) is 7.41 Å². The summed E-state index contributed by atoms with van der Waals surface area (Å²) in [5.41, 5.74) is 0. The maximum atomic E-state index is 4.93. The lowest BCUT2D eigenvalue weighted by atomic mass is 9.92. The summed E-state index contributed by atoms with van der Waals surface area (Å²) in [6.45, 7) is 0.858. The molecule has 3 heteroatoms. The molecule has 1 aliphatic heterocycles. The van der Waals surface area contributed by atoms with Gasteiger partial charge in [-0.05, 0) is 13.4 Å². The summed E-state index contributed by atoms with van der Waals surface area (Å²) in [7, 11) is 3.91. The van der Waals surface area contributed by atoms with Crippen LogP contribution in [0.5, 0.6) is 0 Å². The van der Waals surface area contributed by atoms with Crippen LogP contribution in [-0.4, -0.2) is 26.0 Å². The van der Waals surface area contributed by atoms with Crippen LogP contribution >= 0.6 is 0 Å². The van der Waals surface area contributed by atoms with Gasteiger partial charge in [-0.1, -0.05) is 0 Å². The fourth-order valence-electron chi connectivity index (χ4n) is 0.484. The van der Waals surface area contributed by atoms with Gasteiger partial charge in [0.15, 0.2) is 0 Å². The van der Waals surface area contributed by atoms with Crippen molar-refractivity contribution in [3.05, 3.63) is 0 Å². The Bertz CT molecular complexity index is 44.1. The fourth-order valence-corrected chi connectivity index (χ4v) is 0.484. The molecule has 1 heterocycles. The molecule has 1 fully saturated rings. The third-order valence-corrected chi connectivity index (χ3v) is 0.799. The van der Waals surface area contributed by atoms with Gasteiger partial charge in [0, 0.05) is 0 Å². The normalized spacial score (nSPS) is 24.2. The van der Waals surface area contributed by atoms with E-state index in [1.165, 1.54) is 0 Å². The second kappa shape index (κ2) is 1.62. The van der Waals surface area contributed by atoms with Crippen LogP contribution in [0.15, 0.2) is 0 Å². The van der Waals surface area contributed by atoms with Gasteiger partial charge in [-0.2, -0.15) is 0 Å². The summed E-state index contributed by atoms with van der Waals surface area (Å²) >= 11 is 0. The Hall–Kier alpha value is -0.0151. The summed E-state index contributed by atoms with van der Waals surface area (Å²) in [6.07, 6.45) is 1.07. The van der Waals surface area contributed by atoms with E-state index in [0.29, 0.717) is 0 Å². The molecule has 0 amide bonds. The molecule has 2 nitrogen and oxygen atoms in total. The topological polar surface area (TPSA) is 12.5 Å². The van der Waals surface area contributed by atoms with Crippen molar-refractivity contribution in [3.63, 3.8) is 0 Å². The standard InChI is InChI=1S/C3H7BNO/c1-5-4-2-3-6-5/h2-3H2,1H3. The fraction of sp³-hybridized carbons (Fsp3) is 1.00. The van der Waals surface area contributed by atoms with Gasteiger partial charge in [-0.25, -0.2) is 4.97 Å². The molecule has 0 aromatic rings. The van der Waals surface area contributed by atoms with Crippen LogP contribution in [-0.2, 0) is 4.84 Å². The Morgan fingerprint density at radius 1 is 1.83 bits per heavy atom. The Morgan fingerprint density at radius 3 is 2.83 bits per heavy atom. The van der Waals surface area contributed by atoms with Gasteiger partial charge in [-0.15, -0.1) is 0 Å². The van der Waals surface area contributed by atoms with E-state index in [1.54, 1.807) is 4.97 Å². The first kappa shape index (κ1) is 4.15.